The molecule has 0 fully saturated rings. The van der Waals surface area contributed by atoms with Crippen molar-refractivity contribution in [3.05, 3.63) is 45.7 Å². The van der Waals surface area contributed by atoms with Gasteiger partial charge in [0.05, 0.1) is 11.7 Å². The largest absolute Gasteiger partial charge is 0.336 e. The Morgan fingerprint density at radius 3 is 3.00 bits per heavy atom. The van der Waals surface area contributed by atoms with E-state index < -0.39 is 0 Å². The highest BCUT2D eigenvalue weighted by Gasteiger charge is 2.24. The van der Waals surface area contributed by atoms with Crippen LogP contribution in [0.5, 0.6) is 0 Å². The number of rotatable bonds is 2. The highest BCUT2D eigenvalue weighted by atomic mass is 35.5. The van der Waals surface area contributed by atoms with Crippen LogP contribution in [0.4, 0.5) is 11.5 Å². The van der Waals surface area contributed by atoms with Gasteiger partial charge in [0.15, 0.2) is 0 Å². The molecule has 0 saturated heterocycles. The zero-order valence-electron chi connectivity index (χ0n) is 9.55. The van der Waals surface area contributed by atoms with Crippen LogP contribution < -0.4 is 16.2 Å². The number of aromatic nitrogens is 3. The molecule has 7 nitrogen and oxygen atoms in total. The number of halogens is 1. The van der Waals surface area contributed by atoms with Crippen LogP contribution in [0.1, 0.15) is 10.5 Å². The summed E-state index contributed by atoms with van der Waals surface area (Å²) in [5.74, 6) is 0.122. The molecule has 3 rings (SSSR count). The lowest BCUT2D eigenvalue weighted by molar-refractivity contribution is 0.0966. The van der Waals surface area contributed by atoms with Crippen LogP contribution in [-0.4, -0.2) is 20.4 Å². The van der Waals surface area contributed by atoms with E-state index in [0.717, 1.165) is 0 Å². The summed E-state index contributed by atoms with van der Waals surface area (Å²) < 4.78 is 1.29. The number of anilines is 2. The van der Waals surface area contributed by atoms with Crippen molar-refractivity contribution in [2.24, 2.45) is 0 Å². The Hall–Kier alpha value is -2.41. The molecule has 1 amide bonds. The molecule has 0 unspecified atom stereocenters. The number of hydrogen-bond donors (Lipinski definition) is 2. The monoisotopic (exact) mass is 277 g/mol. The molecular formula is C11H8ClN5O2. The van der Waals surface area contributed by atoms with E-state index >= 15 is 0 Å². The second kappa shape index (κ2) is 4.36. The minimum atomic E-state index is -0.351. The van der Waals surface area contributed by atoms with Crippen molar-refractivity contribution < 1.29 is 4.79 Å². The smallest absolute Gasteiger partial charge is 0.276 e. The van der Waals surface area contributed by atoms with Gasteiger partial charge in [0, 0.05) is 6.20 Å². The topological polar surface area (TPSA) is 88.9 Å². The third kappa shape index (κ3) is 1.93. The quantitative estimate of drug-likeness (QED) is 0.845. The molecule has 0 radical (unpaired) electrons. The lowest BCUT2D eigenvalue weighted by atomic mass is 10.3. The zero-order valence-corrected chi connectivity index (χ0v) is 10.3. The van der Waals surface area contributed by atoms with Gasteiger partial charge in [-0.1, -0.05) is 11.6 Å². The normalized spacial score (nSPS) is 13.0. The number of carbonyl (C=O) groups is 1. The zero-order chi connectivity index (χ0) is 13.4. The van der Waals surface area contributed by atoms with Crippen LogP contribution in [0.3, 0.4) is 0 Å². The maximum Gasteiger partial charge on any atom is 0.276 e. The van der Waals surface area contributed by atoms with Crippen molar-refractivity contribution in [3.8, 4) is 0 Å². The molecular weight excluding hydrogens is 270 g/mol. The van der Waals surface area contributed by atoms with Gasteiger partial charge in [-0.05, 0) is 12.1 Å². The number of nitrogens with one attached hydrogen (secondary N) is 2. The summed E-state index contributed by atoms with van der Waals surface area (Å²) in [6, 6.07) is 3.04. The maximum absolute atomic E-state index is 12.2. The Morgan fingerprint density at radius 1 is 1.42 bits per heavy atom. The Kier molecular flexibility index (Phi) is 2.68. The fourth-order valence-electron chi connectivity index (χ4n) is 1.84. The highest BCUT2D eigenvalue weighted by molar-refractivity contribution is 6.34. The van der Waals surface area contributed by atoms with Gasteiger partial charge < -0.3 is 10.6 Å². The first kappa shape index (κ1) is 11.7. The van der Waals surface area contributed by atoms with Crippen molar-refractivity contribution in [3.63, 3.8) is 0 Å². The molecule has 2 N–H and O–H groups in total. The molecule has 8 heteroatoms. The molecule has 96 valence electrons. The molecule has 2 aromatic heterocycles. The van der Waals surface area contributed by atoms with Crippen molar-refractivity contribution in [2.75, 3.05) is 5.32 Å². The van der Waals surface area contributed by atoms with Gasteiger partial charge in [-0.3, -0.25) is 14.2 Å². The van der Waals surface area contributed by atoms with Crippen LogP contribution in [0.15, 0.2) is 29.5 Å². The van der Waals surface area contributed by atoms with Crippen LogP contribution in [0, 0.1) is 0 Å². The van der Waals surface area contributed by atoms with Crippen molar-refractivity contribution in [1.82, 2.24) is 19.9 Å². The molecule has 3 heterocycles. The summed E-state index contributed by atoms with van der Waals surface area (Å²) in [5, 5.41) is 5.61. The molecule has 0 atom stereocenters. The Morgan fingerprint density at radius 2 is 2.26 bits per heavy atom. The summed E-state index contributed by atoms with van der Waals surface area (Å²) in [5.41, 5.74) is 0.0974. The number of nitrogens with zero attached hydrogens (tertiary/aromatic N) is 3. The summed E-state index contributed by atoms with van der Waals surface area (Å²) in [7, 11) is 0. The summed E-state index contributed by atoms with van der Waals surface area (Å²) >= 11 is 6.01. The van der Waals surface area contributed by atoms with Gasteiger partial charge in [0.1, 0.15) is 23.5 Å². The Balaban J connectivity index is 2.08. The van der Waals surface area contributed by atoms with Crippen LogP contribution >= 0.6 is 11.6 Å². The predicted molar refractivity (Wildman–Crippen MR) is 68.5 cm³/mol. The van der Waals surface area contributed by atoms with E-state index in [4.69, 9.17) is 11.6 Å². The van der Waals surface area contributed by atoms with E-state index in [1.165, 1.54) is 17.0 Å². The first-order chi connectivity index (χ1) is 9.16. The van der Waals surface area contributed by atoms with Gasteiger partial charge in [0.25, 0.3) is 11.5 Å². The molecule has 0 aromatic carbocycles. The second-order valence-electron chi connectivity index (χ2n) is 3.87. The third-order valence-electron chi connectivity index (χ3n) is 2.70. The predicted octanol–water partition coefficient (Wildman–Crippen LogP) is 0.736. The molecule has 0 aliphatic carbocycles. The van der Waals surface area contributed by atoms with Crippen molar-refractivity contribution >= 4 is 29.0 Å². The van der Waals surface area contributed by atoms with E-state index in [2.05, 4.69) is 20.6 Å². The van der Waals surface area contributed by atoms with E-state index in [1.54, 1.807) is 12.3 Å². The lowest BCUT2D eigenvalue weighted by Crippen LogP contribution is -2.23. The molecule has 0 bridgehead atoms. The van der Waals surface area contributed by atoms with E-state index in [9.17, 15) is 9.59 Å². The minimum absolute atomic E-state index is 0.117. The molecule has 1 aliphatic rings. The fourth-order valence-corrected chi connectivity index (χ4v) is 2.14. The molecule has 1 aliphatic heterocycles. The van der Waals surface area contributed by atoms with Gasteiger partial charge >= 0.3 is 0 Å². The molecule has 0 saturated carbocycles. The van der Waals surface area contributed by atoms with Crippen LogP contribution in [-0.2, 0) is 6.67 Å². The van der Waals surface area contributed by atoms with Gasteiger partial charge in [-0.15, -0.1) is 0 Å². The molecule has 19 heavy (non-hydrogen) atoms. The number of pyridine rings is 1. The van der Waals surface area contributed by atoms with E-state index in [0.29, 0.717) is 5.82 Å². The molecule has 0 spiro atoms. The SMILES string of the molecule is O=C1NCn2c1c(Cl)cc(Nc1ccncn1)c2=O. The minimum Gasteiger partial charge on any atom is -0.336 e. The lowest BCUT2D eigenvalue weighted by Gasteiger charge is -2.08. The first-order valence-electron chi connectivity index (χ1n) is 5.41. The number of carbonyl (C=O) groups excluding carboxylic acids is 1. The Bertz CT molecular complexity index is 713. The third-order valence-corrected chi connectivity index (χ3v) is 2.99. The average molecular weight is 278 g/mol. The average Bonchev–Trinajstić information content (AvgIpc) is 2.80. The van der Waals surface area contributed by atoms with Crippen molar-refractivity contribution in [2.45, 2.75) is 6.67 Å². The van der Waals surface area contributed by atoms with E-state index in [-0.39, 0.29) is 34.5 Å². The van der Waals surface area contributed by atoms with Crippen LogP contribution in [0.2, 0.25) is 5.02 Å². The maximum atomic E-state index is 12.2. The Labute approximate surface area is 112 Å². The number of hydrogen-bond acceptors (Lipinski definition) is 5. The summed E-state index contributed by atoms with van der Waals surface area (Å²) in [6.07, 6.45) is 2.91. The number of fused-ring (bicyclic) bond motifs is 1. The van der Waals surface area contributed by atoms with E-state index in [1.807, 2.05) is 0 Å². The van der Waals surface area contributed by atoms with Crippen LogP contribution in [0.25, 0.3) is 0 Å². The fraction of sp³-hybridized carbons (Fsp3) is 0.0909. The second-order valence-corrected chi connectivity index (χ2v) is 4.28. The van der Waals surface area contributed by atoms with Crippen molar-refractivity contribution in [1.29, 1.82) is 0 Å². The number of amides is 1. The summed E-state index contributed by atoms with van der Waals surface area (Å²) in [4.78, 5) is 31.4. The summed E-state index contributed by atoms with van der Waals surface area (Å²) in [6.45, 7) is 0.117. The molecule has 2 aromatic rings. The van der Waals surface area contributed by atoms with Gasteiger partial charge in [-0.2, -0.15) is 0 Å². The van der Waals surface area contributed by atoms with Gasteiger partial charge in [-0.25, -0.2) is 9.97 Å². The highest BCUT2D eigenvalue weighted by Crippen LogP contribution is 2.21. The standard InChI is InChI=1S/C11H8ClN5O2/c12-6-3-7(16-8-1-2-13-4-14-8)11(19)17-5-15-10(18)9(6)17/h1-4H,5H2,(H,15,18)(H,13,14,16). The van der Waals surface area contributed by atoms with Gasteiger partial charge in [0.2, 0.25) is 0 Å². The first-order valence-corrected chi connectivity index (χ1v) is 5.79.